The average Bonchev–Trinajstić information content (AvgIpc) is 2.28. The fourth-order valence-corrected chi connectivity index (χ4v) is 2.54. The fraction of sp³-hybridized carbons (Fsp3) is 0.455. The lowest BCUT2D eigenvalue weighted by Crippen LogP contribution is -2.51. The summed E-state index contributed by atoms with van der Waals surface area (Å²) in [5, 5.41) is 12.1. The molecule has 0 spiro atoms. The van der Waals surface area contributed by atoms with E-state index in [1.807, 2.05) is 0 Å². The zero-order valence-electron chi connectivity index (χ0n) is 8.46. The highest BCUT2D eigenvalue weighted by Crippen LogP contribution is 2.30. The van der Waals surface area contributed by atoms with E-state index in [0.29, 0.717) is 0 Å². The lowest BCUT2D eigenvalue weighted by Gasteiger charge is -2.37. The van der Waals surface area contributed by atoms with Crippen molar-refractivity contribution in [2.75, 3.05) is 6.61 Å². The van der Waals surface area contributed by atoms with E-state index in [1.54, 1.807) is 0 Å². The third-order valence-electron chi connectivity index (χ3n) is 3.18. The minimum absolute atomic E-state index is 0.0788. The molecule has 1 aromatic rings. The molecule has 0 amide bonds. The maximum Gasteiger partial charge on any atom is 0.178 e. The number of aryl methyl sites for hydroxylation is 1. The number of nitrogens with one attached hydrogen (secondary N) is 1. The zero-order valence-corrected chi connectivity index (χ0v) is 10.0. The van der Waals surface area contributed by atoms with Gasteiger partial charge in [-0.15, -0.1) is 0 Å². The molecular formula is C11H13BBrNO. The summed E-state index contributed by atoms with van der Waals surface area (Å²) < 4.78 is 1.08. The Labute approximate surface area is 99.6 Å². The number of benzene rings is 1. The molecule has 0 aromatic heterocycles. The molecule has 1 aliphatic rings. The molecule has 0 fully saturated rings. The first-order valence-electron chi connectivity index (χ1n) is 5.05. The topological polar surface area (TPSA) is 32.3 Å². The van der Waals surface area contributed by atoms with Crippen LogP contribution in [0.5, 0.6) is 0 Å². The highest BCUT2D eigenvalue weighted by atomic mass is 79.9. The van der Waals surface area contributed by atoms with Crippen LogP contribution in [0.2, 0.25) is 0 Å². The standard InChI is InChI=1S/C11H13BBrNO/c12-14-11(7-15)4-3-8-1-2-10(13)5-9(8)6-11/h1-2,5,14-15H,3-4,6-7H2. The van der Waals surface area contributed by atoms with Gasteiger partial charge in [0.05, 0.1) is 6.61 Å². The number of hydrogen-bond donors (Lipinski definition) is 2. The van der Waals surface area contributed by atoms with Crippen molar-refractivity contribution in [3.63, 3.8) is 0 Å². The molecule has 0 aliphatic heterocycles. The van der Waals surface area contributed by atoms with Gasteiger partial charge in [-0.1, -0.05) is 22.0 Å². The molecule has 2 nitrogen and oxygen atoms in total. The van der Waals surface area contributed by atoms with E-state index >= 15 is 0 Å². The monoisotopic (exact) mass is 265 g/mol. The number of fused-ring (bicyclic) bond motifs is 1. The van der Waals surface area contributed by atoms with Gasteiger partial charge in [-0.25, -0.2) is 0 Å². The average molecular weight is 266 g/mol. The summed E-state index contributed by atoms with van der Waals surface area (Å²) in [6.45, 7) is 0.0788. The van der Waals surface area contributed by atoms with Gasteiger partial charge in [0, 0.05) is 10.0 Å². The smallest absolute Gasteiger partial charge is 0.178 e. The Morgan fingerprint density at radius 3 is 2.93 bits per heavy atom. The Balaban J connectivity index is 2.32. The largest absolute Gasteiger partial charge is 0.394 e. The van der Waals surface area contributed by atoms with Crippen molar-refractivity contribution in [3.8, 4) is 0 Å². The molecule has 15 heavy (non-hydrogen) atoms. The minimum atomic E-state index is -0.339. The Bertz CT molecular complexity index is 366. The first kappa shape index (κ1) is 11.2. The van der Waals surface area contributed by atoms with Crippen LogP contribution in [0.25, 0.3) is 0 Å². The van der Waals surface area contributed by atoms with Gasteiger partial charge in [-0.2, -0.15) is 0 Å². The lowest BCUT2D eigenvalue weighted by atomic mass is 9.77. The Morgan fingerprint density at radius 2 is 2.27 bits per heavy atom. The van der Waals surface area contributed by atoms with Crippen LogP contribution in [0.1, 0.15) is 17.5 Å². The van der Waals surface area contributed by atoms with Crippen LogP contribution in [-0.2, 0) is 12.8 Å². The number of hydrogen-bond acceptors (Lipinski definition) is 2. The van der Waals surface area contributed by atoms with Crippen LogP contribution in [0.3, 0.4) is 0 Å². The Kier molecular flexibility index (Phi) is 3.19. The van der Waals surface area contributed by atoms with Gasteiger partial charge in [0.1, 0.15) is 0 Å². The van der Waals surface area contributed by atoms with E-state index < -0.39 is 0 Å². The maximum absolute atomic E-state index is 9.38. The van der Waals surface area contributed by atoms with Crippen LogP contribution in [0, 0.1) is 0 Å². The van der Waals surface area contributed by atoms with Crippen molar-refractivity contribution < 1.29 is 5.11 Å². The third-order valence-corrected chi connectivity index (χ3v) is 3.67. The summed E-state index contributed by atoms with van der Waals surface area (Å²) >= 11 is 3.46. The number of rotatable bonds is 2. The first-order chi connectivity index (χ1) is 7.19. The highest BCUT2D eigenvalue weighted by molar-refractivity contribution is 9.10. The van der Waals surface area contributed by atoms with Gasteiger partial charge in [-0.3, -0.25) is 0 Å². The molecule has 1 aromatic carbocycles. The van der Waals surface area contributed by atoms with E-state index in [9.17, 15) is 5.11 Å². The summed E-state index contributed by atoms with van der Waals surface area (Å²) in [5.41, 5.74) is 2.29. The van der Waals surface area contributed by atoms with E-state index in [1.165, 1.54) is 11.1 Å². The van der Waals surface area contributed by atoms with Crippen molar-refractivity contribution in [1.82, 2.24) is 5.23 Å². The molecule has 2 rings (SSSR count). The summed E-state index contributed by atoms with van der Waals surface area (Å²) in [7, 11) is 5.52. The van der Waals surface area contributed by atoms with Crippen molar-refractivity contribution in [1.29, 1.82) is 0 Å². The van der Waals surface area contributed by atoms with Crippen LogP contribution in [0.4, 0.5) is 0 Å². The summed E-state index contributed by atoms with van der Waals surface area (Å²) in [5.74, 6) is 0. The lowest BCUT2D eigenvalue weighted by molar-refractivity contribution is 0.167. The summed E-state index contributed by atoms with van der Waals surface area (Å²) in [6.07, 6.45) is 2.64. The SMILES string of the molecule is [B]NC1(CO)CCc2ccc(Br)cc2C1. The van der Waals surface area contributed by atoms with Gasteiger partial charge in [0.15, 0.2) is 7.98 Å². The molecule has 4 heteroatoms. The molecule has 2 radical (unpaired) electrons. The maximum atomic E-state index is 9.38. The molecule has 1 unspecified atom stereocenters. The van der Waals surface area contributed by atoms with Crippen molar-refractivity contribution in [2.24, 2.45) is 0 Å². The number of aliphatic hydroxyl groups excluding tert-OH is 1. The zero-order chi connectivity index (χ0) is 10.9. The Morgan fingerprint density at radius 1 is 1.47 bits per heavy atom. The van der Waals surface area contributed by atoms with Crippen LogP contribution < -0.4 is 5.23 Å². The van der Waals surface area contributed by atoms with Crippen LogP contribution >= 0.6 is 15.9 Å². The molecule has 0 heterocycles. The minimum Gasteiger partial charge on any atom is -0.394 e. The van der Waals surface area contributed by atoms with E-state index in [4.69, 9.17) is 7.98 Å². The second-order valence-electron chi connectivity index (χ2n) is 4.17. The molecular weight excluding hydrogens is 253 g/mol. The van der Waals surface area contributed by atoms with Crippen molar-refractivity contribution >= 4 is 23.9 Å². The van der Waals surface area contributed by atoms with Gasteiger partial charge in [0.2, 0.25) is 0 Å². The molecule has 0 bridgehead atoms. The summed E-state index contributed by atoms with van der Waals surface area (Å²) in [4.78, 5) is 0. The molecule has 0 saturated heterocycles. The highest BCUT2D eigenvalue weighted by Gasteiger charge is 2.31. The quantitative estimate of drug-likeness (QED) is 0.792. The fourth-order valence-electron chi connectivity index (χ4n) is 2.13. The van der Waals surface area contributed by atoms with Crippen LogP contribution in [0.15, 0.2) is 22.7 Å². The summed E-state index contributed by atoms with van der Waals surface area (Å²) in [6, 6.07) is 6.30. The van der Waals surface area contributed by atoms with Gasteiger partial charge in [0.25, 0.3) is 0 Å². The normalized spacial score (nSPS) is 24.9. The second kappa shape index (κ2) is 4.28. The molecule has 0 saturated carbocycles. The Hall–Kier alpha value is -0.315. The first-order valence-corrected chi connectivity index (χ1v) is 5.84. The van der Waals surface area contributed by atoms with Gasteiger partial charge >= 0.3 is 0 Å². The van der Waals surface area contributed by atoms with Crippen molar-refractivity contribution in [2.45, 2.75) is 24.8 Å². The second-order valence-corrected chi connectivity index (χ2v) is 5.09. The molecule has 1 atom stereocenters. The third kappa shape index (κ3) is 2.12. The van der Waals surface area contributed by atoms with Gasteiger partial charge < -0.3 is 10.3 Å². The predicted octanol–water partition coefficient (Wildman–Crippen LogP) is 1.34. The van der Waals surface area contributed by atoms with E-state index in [0.717, 1.165) is 23.7 Å². The molecule has 78 valence electrons. The predicted molar refractivity (Wildman–Crippen MR) is 64.9 cm³/mol. The number of aliphatic hydroxyl groups is 1. The molecule has 1 aliphatic carbocycles. The molecule has 2 N–H and O–H groups in total. The van der Waals surface area contributed by atoms with Crippen molar-refractivity contribution in [3.05, 3.63) is 33.8 Å². The van der Waals surface area contributed by atoms with E-state index in [-0.39, 0.29) is 12.1 Å². The van der Waals surface area contributed by atoms with Crippen LogP contribution in [-0.4, -0.2) is 25.2 Å². The number of halogens is 1. The van der Waals surface area contributed by atoms with Gasteiger partial charge in [-0.05, 0) is 42.5 Å². The van der Waals surface area contributed by atoms with E-state index in [2.05, 4.69) is 39.4 Å².